The Morgan fingerprint density at radius 2 is 1.96 bits per heavy atom. The van der Waals surface area contributed by atoms with Gasteiger partial charge in [-0.05, 0) is 6.07 Å². The summed E-state index contributed by atoms with van der Waals surface area (Å²) in [5.74, 6) is -0.571. The Hall–Kier alpha value is -2.99. The molecule has 0 aliphatic heterocycles. The van der Waals surface area contributed by atoms with Gasteiger partial charge >= 0.3 is 5.97 Å². The topological polar surface area (TPSA) is 86.0 Å². The first kappa shape index (κ1) is 15.9. The third-order valence-corrected chi connectivity index (χ3v) is 3.55. The molecule has 0 radical (unpaired) electrons. The van der Waals surface area contributed by atoms with Gasteiger partial charge in [-0.3, -0.25) is 14.6 Å². The molecule has 0 unspecified atom stereocenters. The zero-order valence-electron chi connectivity index (χ0n) is 12.4. The van der Waals surface area contributed by atoms with Gasteiger partial charge in [0, 0.05) is 24.6 Å². The number of carbonyl (C=O) groups is 1. The van der Waals surface area contributed by atoms with Crippen LogP contribution in [-0.2, 0) is 9.68 Å². The number of carbonyl (C=O) groups excluding carboxylic acids is 1. The fourth-order valence-electron chi connectivity index (χ4n) is 2.22. The van der Waals surface area contributed by atoms with Crippen LogP contribution in [0.15, 0.2) is 51.9 Å². The van der Waals surface area contributed by atoms with Gasteiger partial charge in [0.15, 0.2) is 5.75 Å². The predicted molar refractivity (Wildman–Crippen MR) is 87.0 cm³/mol. The molecule has 0 saturated heterocycles. The summed E-state index contributed by atoms with van der Waals surface area (Å²) in [4.78, 5) is 32.7. The third kappa shape index (κ3) is 2.91. The van der Waals surface area contributed by atoms with Gasteiger partial charge < -0.3 is 9.52 Å². The first-order valence-electron chi connectivity index (χ1n) is 6.86. The minimum Gasteiger partial charge on any atom is -0.507 e. The molecule has 1 heterocycles. The van der Waals surface area contributed by atoms with Crippen molar-refractivity contribution < 1.29 is 24.1 Å². The van der Waals surface area contributed by atoms with Gasteiger partial charge in [-0.15, -0.1) is 0 Å². The molecule has 3 rings (SSSR count). The van der Waals surface area contributed by atoms with Crippen molar-refractivity contribution in [2.45, 2.75) is 6.92 Å². The van der Waals surface area contributed by atoms with E-state index in [-0.39, 0.29) is 33.1 Å². The number of phenolic OH excluding ortho intramolecular Hbond substituents is 1. The van der Waals surface area contributed by atoms with E-state index in [1.54, 1.807) is 18.2 Å². The van der Waals surface area contributed by atoms with Crippen LogP contribution in [0.1, 0.15) is 6.92 Å². The van der Waals surface area contributed by atoms with Crippen molar-refractivity contribution in [2.24, 2.45) is 0 Å². The van der Waals surface area contributed by atoms with Crippen molar-refractivity contribution in [3.8, 4) is 22.6 Å². The summed E-state index contributed by atoms with van der Waals surface area (Å²) in [6.45, 7) is 1.18. The maximum atomic E-state index is 12.7. The molecular weight excluding hydrogens is 336 g/mol. The highest BCUT2D eigenvalue weighted by atomic mass is 35.5. The van der Waals surface area contributed by atoms with Crippen LogP contribution in [0.25, 0.3) is 22.1 Å². The van der Waals surface area contributed by atoms with Crippen molar-refractivity contribution in [1.82, 2.24) is 0 Å². The molecular formula is C17H11ClO6. The molecule has 0 aliphatic carbocycles. The summed E-state index contributed by atoms with van der Waals surface area (Å²) < 4.78 is 5.45. The third-order valence-electron chi connectivity index (χ3n) is 3.25. The Kier molecular flexibility index (Phi) is 4.14. The largest absolute Gasteiger partial charge is 0.507 e. The normalized spacial score (nSPS) is 10.6. The maximum absolute atomic E-state index is 12.7. The second-order valence-electron chi connectivity index (χ2n) is 4.93. The Bertz CT molecular complexity index is 992. The van der Waals surface area contributed by atoms with Crippen molar-refractivity contribution in [1.29, 1.82) is 0 Å². The van der Waals surface area contributed by atoms with Gasteiger partial charge in [0.05, 0.1) is 16.0 Å². The summed E-state index contributed by atoms with van der Waals surface area (Å²) in [5, 5.41) is 10.1. The number of rotatable bonds is 3. The van der Waals surface area contributed by atoms with E-state index in [9.17, 15) is 14.7 Å². The van der Waals surface area contributed by atoms with Crippen molar-refractivity contribution in [3.63, 3.8) is 0 Å². The zero-order valence-corrected chi connectivity index (χ0v) is 13.2. The average Bonchev–Trinajstić information content (AvgIpc) is 2.54. The van der Waals surface area contributed by atoms with Gasteiger partial charge in [-0.25, -0.2) is 4.79 Å². The number of halogens is 1. The lowest BCUT2D eigenvalue weighted by molar-refractivity contribution is -0.210. The SMILES string of the molecule is CC(=O)OOc1cc(Cl)c2c(=O)c(-c3ccccc3O)coc2c1. The highest BCUT2D eigenvalue weighted by molar-refractivity contribution is 6.35. The minimum absolute atomic E-state index is 0.0462. The van der Waals surface area contributed by atoms with Crippen molar-refractivity contribution in [2.75, 3.05) is 0 Å². The predicted octanol–water partition coefficient (Wildman–Crippen LogP) is 3.68. The van der Waals surface area contributed by atoms with E-state index >= 15 is 0 Å². The maximum Gasteiger partial charge on any atom is 0.352 e. The number of aromatic hydroxyl groups is 1. The van der Waals surface area contributed by atoms with Crippen LogP contribution in [0.4, 0.5) is 0 Å². The Balaban J connectivity index is 2.15. The molecule has 0 spiro atoms. The summed E-state index contributed by atoms with van der Waals surface area (Å²) in [6, 6.07) is 9.11. The molecule has 7 heteroatoms. The van der Waals surface area contributed by atoms with E-state index in [0.29, 0.717) is 5.56 Å². The molecule has 0 bridgehead atoms. The number of phenols is 1. The summed E-state index contributed by atoms with van der Waals surface area (Å²) >= 11 is 6.14. The fourth-order valence-corrected chi connectivity index (χ4v) is 2.51. The van der Waals surface area contributed by atoms with Crippen molar-refractivity contribution in [3.05, 3.63) is 57.9 Å². The molecule has 122 valence electrons. The smallest absolute Gasteiger partial charge is 0.352 e. The van der Waals surface area contributed by atoms with Crippen LogP contribution in [0, 0.1) is 0 Å². The quantitative estimate of drug-likeness (QED) is 0.575. The molecule has 2 aromatic carbocycles. The molecule has 0 fully saturated rings. The molecule has 1 aromatic heterocycles. The van der Waals surface area contributed by atoms with Crippen molar-refractivity contribution >= 4 is 28.5 Å². The summed E-state index contributed by atoms with van der Waals surface area (Å²) in [6.07, 6.45) is 1.23. The lowest BCUT2D eigenvalue weighted by Gasteiger charge is -2.07. The molecule has 0 atom stereocenters. The minimum atomic E-state index is -0.637. The Morgan fingerprint density at radius 3 is 2.67 bits per heavy atom. The van der Waals surface area contributed by atoms with Crippen LogP contribution in [0.2, 0.25) is 5.02 Å². The lowest BCUT2D eigenvalue weighted by Crippen LogP contribution is -2.07. The van der Waals surface area contributed by atoms with Crippen LogP contribution in [0.3, 0.4) is 0 Å². The molecule has 0 saturated carbocycles. The number of fused-ring (bicyclic) bond motifs is 1. The van der Waals surface area contributed by atoms with E-state index in [1.807, 2.05) is 0 Å². The highest BCUT2D eigenvalue weighted by Gasteiger charge is 2.16. The monoisotopic (exact) mass is 346 g/mol. The Labute approximate surface area is 140 Å². The van der Waals surface area contributed by atoms with E-state index in [2.05, 4.69) is 4.89 Å². The van der Waals surface area contributed by atoms with E-state index in [0.717, 1.165) is 0 Å². The van der Waals surface area contributed by atoms with Crippen LogP contribution in [0.5, 0.6) is 11.5 Å². The first-order valence-corrected chi connectivity index (χ1v) is 7.23. The standard InChI is InChI=1S/C17H11ClO6/c1-9(19)23-24-10-6-13(18)16-15(7-10)22-8-12(17(16)21)11-4-2-3-5-14(11)20/h2-8,20H,1H3. The van der Waals surface area contributed by atoms with E-state index < -0.39 is 11.4 Å². The molecule has 0 aliphatic rings. The average molecular weight is 347 g/mol. The first-order chi connectivity index (χ1) is 11.5. The van der Waals surface area contributed by atoms with Crippen LogP contribution < -0.4 is 10.3 Å². The molecule has 6 nitrogen and oxygen atoms in total. The molecule has 3 aromatic rings. The van der Waals surface area contributed by atoms with Gasteiger partial charge in [0.2, 0.25) is 5.43 Å². The van der Waals surface area contributed by atoms with E-state index in [4.69, 9.17) is 20.9 Å². The second kappa shape index (κ2) is 6.25. The highest BCUT2D eigenvalue weighted by Crippen LogP contribution is 2.32. The van der Waals surface area contributed by atoms with Gasteiger partial charge in [0.1, 0.15) is 17.6 Å². The van der Waals surface area contributed by atoms with Crippen LogP contribution >= 0.6 is 11.6 Å². The molecule has 24 heavy (non-hydrogen) atoms. The number of hydrogen-bond acceptors (Lipinski definition) is 6. The van der Waals surface area contributed by atoms with Gasteiger partial charge in [-0.2, -0.15) is 0 Å². The summed E-state index contributed by atoms with van der Waals surface area (Å²) in [7, 11) is 0. The van der Waals surface area contributed by atoms with Gasteiger partial charge in [0.25, 0.3) is 0 Å². The van der Waals surface area contributed by atoms with Crippen LogP contribution in [-0.4, -0.2) is 11.1 Å². The summed E-state index contributed by atoms with van der Waals surface area (Å²) in [5.41, 5.74) is 0.274. The molecule has 1 N–H and O–H groups in total. The fraction of sp³-hybridized carbons (Fsp3) is 0.0588. The number of benzene rings is 2. The second-order valence-corrected chi connectivity index (χ2v) is 5.34. The lowest BCUT2D eigenvalue weighted by atomic mass is 10.0. The number of hydrogen-bond donors (Lipinski definition) is 1. The Morgan fingerprint density at radius 1 is 1.21 bits per heavy atom. The molecule has 0 amide bonds. The van der Waals surface area contributed by atoms with E-state index in [1.165, 1.54) is 31.4 Å². The zero-order chi connectivity index (χ0) is 17.3. The number of para-hydroxylation sites is 1. The van der Waals surface area contributed by atoms with Gasteiger partial charge in [-0.1, -0.05) is 29.8 Å².